The van der Waals surface area contributed by atoms with E-state index in [9.17, 15) is 9.59 Å². The Hall–Kier alpha value is -2.66. The number of amides is 2. The van der Waals surface area contributed by atoms with Crippen LogP contribution in [-0.2, 0) is 16.1 Å². The molecule has 2 aromatic rings. The minimum absolute atomic E-state index is 0.115. The van der Waals surface area contributed by atoms with Crippen molar-refractivity contribution < 1.29 is 9.59 Å². The van der Waals surface area contributed by atoms with E-state index in [0.29, 0.717) is 25.4 Å². The third-order valence-electron chi connectivity index (χ3n) is 6.81. The minimum atomic E-state index is 0.115. The van der Waals surface area contributed by atoms with E-state index >= 15 is 0 Å². The molecule has 1 heterocycles. The summed E-state index contributed by atoms with van der Waals surface area (Å²) in [7, 11) is 0. The average molecular weight is 434 g/mol. The Morgan fingerprint density at radius 2 is 1.50 bits per heavy atom. The number of carbonyl (C=O) groups is 2. The summed E-state index contributed by atoms with van der Waals surface area (Å²) in [5, 5.41) is 3.24. The first-order valence-electron chi connectivity index (χ1n) is 12.1. The highest BCUT2D eigenvalue weighted by Gasteiger charge is 2.26. The van der Waals surface area contributed by atoms with Gasteiger partial charge in [0, 0.05) is 31.2 Å². The molecule has 0 bridgehead atoms. The fourth-order valence-electron chi connectivity index (χ4n) is 4.97. The van der Waals surface area contributed by atoms with E-state index in [1.807, 2.05) is 53.4 Å². The second kappa shape index (κ2) is 11.3. The lowest BCUT2D eigenvalue weighted by Crippen LogP contribution is -2.48. The number of benzene rings is 2. The third-order valence-corrected chi connectivity index (χ3v) is 6.81. The number of hydrogen-bond donors (Lipinski definition) is 1. The van der Waals surface area contributed by atoms with Crippen LogP contribution >= 0.6 is 0 Å². The van der Waals surface area contributed by atoms with Gasteiger partial charge < -0.3 is 10.2 Å². The number of para-hydroxylation sites is 1. The lowest BCUT2D eigenvalue weighted by molar-refractivity contribution is -0.124. The first-order chi connectivity index (χ1) is 15.7. The van der Waals surface area contributed by atoms with Crippen LogP contribution < -0.4 is 10.2 Å². The molecule has 1 saturated heterocycles. The fraction of sp³-hybridized carbons (Fsp3) is 0.481. The van der Waals surface area contributed by atoms with Crippen LogP contribution in [0, 0.1) is 5.92 Å². The second-order valence-corrected chi connectivity index (χ2v) is 9.27. The van der Waals surface area contributed by atoms with Gasteiger partial charge in [-0.25, -0.2) is 0 Å². The summed E-state index contributed by atoms with van der Waals surface area (Å²) in [6, 6.07) is 20.3. The Morgan fingerprint density at radius 3 is 2.16 bits per heavy atom. The van der Waals surface area contributed by atoms with E-state index in [1.165, 1.54) is 25.7 Å². The van der Waals surface area contributed by atoms with Gasteiger partial charge in [-0.15, -0.1) is 0 Å². The van der Waals surface area contributed by atoms with Crippen LogP contribution in [0.25, 0.3) is 0 Å². The minimum Gasteiger partial charge on any atom is -0.353 e. The summed E-state index contributed by atoms with van der Waals surface area (Å²) in [6.45, 7) is 2.66. The zero-order valence-corrected chi connectivity index (χ0v) is 18.9. The predicted octanol–water partition coefficient (Wildman–Crippen LogP) is 4.38. The van der Waals surface area contributed by atoms with E-state index in [0.717, 1.165) is 37.2 Å². The van der Waals surface area contributed by atoms with Crippen molar-refractivity contribution in [2.45, 2.75) is 57.5 Å². The van der Waals surface area contributed by atoms with Gasteiger partial charge in [-0.1, -0.05) is 61.4 Å². The highest BCUT2D eigenvalue weighted by Crippen LogP contribution is 2.27. The van der Waals surface area contributed by atoms with Gasteiger partial charge in [0.2, 0.25) is 11.8 Å². The molecule has 2 aliphatic rings. The molecule has 5 nitrogen and oxygen atoms in total. The van der Waals surface area contributed by atoms with Crippen molar-refractivity contribution in [2.24, 2.45) is 5.92 Å². The Labute approximate surface area is 191 Å². The standard InChI is InChI=1S/C27H35N3O2/c31-26(19-22-9-7-8-10-22)28-24-15-17-29(18-16-24)21-27(32)30(25-13-5-2-6-14-25)20-23-11-3-1-4-12-23/h1-6,11-14,22,24H,7-10,15-21H2,(H,28,31). The maximum Gasteiger partial charge on any atom is 0.241 e. The highest BCUT2D eigenvalue weighted by atomic mass is 16.2. The monoisotopic (exact) mass is 433 g/mol. The van der Waals surface area contributed by atoms with Crippen molar-refractivity contribution in [3.05, 3.63) is 66.2 Å². The first-order valence-corrected chi connectivity index (χ1v) is 12.1. The zero-order chi connectivity index (χ0) is 22.2. The number of anilines is 1. The SMILES string of the molecule is O=C(CC1CCCC1)NC1CCN(CC(=O)N(Cc2ccccc2)c2ccccc2)CC1. The van der Waals surface area contributed by atoms with Crippen molar-refractivity contribution >= 4 is 17.5 Å². The van der Waals surface area contributed by atoms with E-state index in [1.54, 1.807) is 0 Å². The lowest BCUT2D eigenvalue weighted by Gasteiger charge is -2.33. The number of carbonyl (C=O) groups excluding carboxylic acids is 2. The highest BCUT2D eigenvalue weighted by molar-refractivity contribution is 5.94. The number of piperidine rings is 1. The fourth-order valence-corrected chi connectivity index (χ4v) is 4.97. The molecule has 2 fully saturated rings. The van der Waals surface area contributed by atoms with Crippen LogP contribution in [0.15, 0.2) is 60.7 Å². The smallest absolute Gasteiger partial charge is 0.241 e. The number of likely N-dealkylation sites (tertiary alicyclic amines) is 1. The Bertz CT molecular complexity index is 857. The van der Waals surface area contributed by atoms with Crippen molar-refractivity contribution in [1.29, 1.82) is 0 Å². The summed E-state index contributed by atoms with van der Waals surface area (Å²) < 4.78 is 0. The van der Waals surface area contributed by atoms with Crippen molar-refractivity contribution in [1.82, 2.24) is 10.2 Å². The quantitative estimate of drug-likeness (QED) is 0.672. The topological polar surface area (TPSA) is 52.7 Å². The van der Waals surface area contributed by atoms with Crippen LogP contribution in [0.4, 0.5) is 5.69 Å². The predicted molar refractivity (Wildman–Crippen MR) is 128 cm³/mol. The lowest BCUT2D eigenvalue weighted by atomic mass is 10.0. The molecule has 0 atom stereocenters. The largest absolute Gasteiger partial charge is 0.353 e. The summed E-state index contributed by atoms with van der Waals surface area (Å²) in [4.78, 5) is 29.7. The molecule has 0 spiro atoms. The second-order valence-electron chi connectivity index (χ2n) is 9.27. The van der Waals surface area contributed by atoms with Crippen molar-refractivity contribution in [2.75, 3.05) is 24.5 Å². The molecule has 4 rings (SSSR count). The summed E-state index contributed by atoms with van der Waals surface area (Å²) in [5.41, 5.74) is 2.05. The molecular formula is C27H35N3O2. The zero-order valence-electron chi connectivity index (χ0n) is 18.9. The third kappa shape index (κ3) is 6.42. The normalized spacial score (nSPS) is 17.9. The molecule has 0 radical (unpaired) electrons. The number of hydrogen-bond acceptors (Lipinski definition) is 3. The summed E-state index contributed by atoms with van der Waals surface area (Å²) in [6.07, 6.45) is 7.46. The van der Waals surface area contributed by atoms with Gasteiger partial charge >= 0.3 is 0 Å². The average Bonchev–Trinajstić information content (AvgIpc) is 3.33. The molecule has 2 aromatic carbocycles. The molecular weight excluding hydrogens is 398 g/mol. The van der Waals surface area contributed by atoms with Gasteiger partial charge in [-0.05, 0) is 49.3 Å². The molecule has 1 N–H and O–H groups in total. The van der Waals surface area contributed by atoms with Crippen molar-refractivity contribution in [3.8, 4) is 0 Å². The molecule has 0 aromatic heterocycles. The molecule has 170 valence electrons. The summed E-state index contributed by atoms with van der Waals surface area (Å²) >= 11 is 0. The van der Waals surface area contributed by atoms with Crippen molar-refractivity contribution in [3.63, 3.8) is 0 Å². The Morgan fingerprint density at radius 1 is 0.875 bits per heavy atom. The molecule has 0 unspecified atom stereocenters. The van der Waals surface area contributed by atoms with E-state index in [2.05, 4.69) is 22.3 Å². The molecule has 1 saturated carbocycles. The maximum absolute atomic E-state index is 13.3. The molecule has 1 aliphatic heterocycles. The summed E-state index contributed by atoms with van der Waals surface area (Å²) in [5.74, 6) is 0.912. The van der Waals surface area contributed by atoms with Gasteiger partial charge in [0.1, 0.15) is 0 Å². The van der Waals surface area contributed by atoms with Crippen LogP contribution in [0.5, 0.6) is 0 Å². The van der Waals surface area contributed by atoms with Crippen LogP contribution in [-0.4, -0.2) is 42.4 Å². The van der Waals surface area contributed by atoms with E-state index in [-0.39, 0.29) is 17.9 Å². The van der Waals surface area contributed by atoms with Crippen LogP contribution in [0.3, 0.4) is 0 Å². The van der Waals surface area contributed by atoms with Gasteiger partial charge in [0.25, 0.3) is 0 Å². The van der Waals surface area contributed by atoms with Gasteiger partial charge in [-0.3, -0.25) is 14.5 Å². The molecule has 5 heteroatoms. The molecule has 32 heavy (non-hydrogen) atoms. The van der Waals surface area contributed by atoms with E-state index in [4.69, 9.17) is 0 Å². The number of nitrogens with zero attached hydrogens (tertiary/aromatic N) is 2. The number of rotatable bonds is 8. The Balaban J connectivity index is 1.28. The molecule has 1 aliphatic carbocycles. The maximum atomic E-state index is 13.3. The van der Waals surface area contributed by atoms with Crippen LogP contribution in [0.1, 0.15) is 50.5 Å². The Kier molecular flexibility index (Phi) is 7.94. The number of nitrogens with one attached hydrogen (secondary N) is 1. The first kappa shape index (κ1) is 22.5. The van der Waals surface area contributed by atoms with Gasteiger partial charge in [0.15, 0.2) is 0 Å². The van der Waals surface area contributed by atoms with E-state index < -0.39 is 0 Å². The molecule has 2 amide bonds. The van der Waals surface area contributed by atoms with Crippen LogP contribution in [0.2, 0.25) is 0 Å². The van der Waals surface area contributed by atoms with Gasteiger partial charge in [0.05, 0.1) is 13.1 Å². The van der Waals surface area contributed by atoms with Gasteiger partial charge in [-0.2, -0.15) is 0 Å².